The van der Waals surface area contributed by atoms with E-state index >= 15 is 0 Å². The standard InChI is InChI=1S/C24H22FN5O3S/c1-14-11-17-15(5-4-6-22(17)34(14,31)32)19-13-28-24(30(3)23(19)29-26-2)27-12-18-16-9-10-33-21(16)8-7-20(18)25/h4-8,11,13,29H,2,9-10,12H2,1,3H3. The Kier molecular flexibility index (Phi) is 5.32. The van der Waals surface area contributed by atoms with Crippen molar-refractivity contribution in [2.45, 2.75) is 24.8 Å². The lowest BCUT2D eigenvalue weighted by Gasteiger charge is -2.15. The van der Waals surface area contributed by atoms with E-state index in [1.165, 1.54) is 6.07 Å². The van der Waals surface area contributed by atoms with Gasteiger partial charge in [0.2, 0.25) is 15.5 Å². The molecular weight excluding hydrogens is 457 g/mol. The number of rotatable bonds is 5. The van der Waals surface area contributed by atoms with Gasteiger partial charge in [-0.3, -0.25) is 9.99 Å². The molecule has 2 aliphatic rings. The maximum Gasteiger partial charge on any atom is 0.226 e. The summed E-state index contributed by atoms with van der Waals surface area (Å²) < 4.78 is 47.0. The van der Waals surface area contributed by atoms with Crippen molar-refractivity contribution >= 4 is 28.4 Å². The maximum atomic E-state index is 14.5. The monoisotopic (exact) mass is 479 g/mol. The third-order valence-electron chi connectivity index (χ3n) is 6.12. The minimum absolute atomic E-state index is 0.0976. The van der Waals surface area contributed by atoms with E-state index in [9.17, 15) is 12.8 Å². The van der Waals surface area contributed by atoms with E-state index in [4.69, 9.17) is 4.74 Å². The van der Waals surface area contributed by atoms with Gasteiger partial charge in [0.25, 0.3) is 0 Å². The molecule has 2 aromatic carbocycles. The molecule has 34 heavy (non-hydrogen) atoms. The molecule has 0 atom stereocenters. The number of hydrazone groups is 1. The number of allylic oxidation sites excluding steroid dienone is 1. The molecule has 1 aromatic heterocycles. The number of ether oxygens (including phenoxy) is 1. The number of hydrogen-bond donors (Lipinski definition) is 1. The Morgan fingerprint density at radius 2 is 2.09 bits per heavy atom. The van der Waals surface area contributed by atoms with Crippen LogP contribution < -0.4 is 15.8 Å². The van der Waals surface area contributed by atoms with Crippen LogP contribution in [0.1, 0.15) is 23.6 Å². The Morgan fingerprint density at radius 1 is 1.26 bits per heavy atom. The summed E-state index contributed by atoms with van der Waals surface area (Å²) in [5.74, 6) is 0.880. The summed E-state index contributed by atoms with van der Waals surface area (Å²) in [7, 11) is -1.74. The highest BCUT2D eigenvalue weighted by molar-refractivity contribution is 7.95. The van der Waals surface area contributed by atoms with Crippen LogP contribution in [0.3, 0.4) is 0 Å². The number of halogens is 1. The van der Waals surface area contributed by atoms with Crippen molar-refractivity contribution < 1.29 is 17.5 Å². The van der Waals surface area contributed by atoms with Crippen LogP contribution in [0.25, 0.3) is 17.2 Å². The van der Waals surface area contributed by atoms with Gasteiger partial charge in [0, 0.05) is 53.5 Å². The van der Waals surface area contributed by atoms with Gasteiger partial charge in [-0.15, -0.1) is 0 Å². The molecule has 0 radical (unpaired) electrons. The fourth-order valence-electron chi connectivity index (χ4n) is 4.36. The second-order valence-electron chi connectivity index (χ2n) is 8.04. The summed E-state index contributed by atoms with van der Waals surface area (Å²) in [6.07, 6.45) is 3.90. The van der Waals surface area contributed by atoms with Gasteiger partial charge in [-0.05, 0) is 36.8 Å². The van der Waals surface area contributed by atoms with E-state index in [1.54, 1.807) is 49.0 Å². The molecule has 0 amide bonds. The Hall–Kier alpha value is -3.79. The Labute approximate surface area is 196 Å². The Morgan fingerprint density at radius 3 is 2.88 bits per heavy atom. The van der Waals surface area contributed by atoms with Crippen molar-refractivity contribution in [1.29, 1.82) is 0 Å². The first-order valence-corrected chi connectivity index (χ1v) is 12.1. The minimum Gasteiger partial charge on any atom is -0.493 e. The minimum atomic E-state index is -3.49. The van der Waals surface area contributed by atoms with Crippen LogP contribution in [0.15, 0.2) is 56.4 Å². The molecule has 1 N–H and O–H groups in total. The van der Waals surface area contributed by atoms with E-state index in [0.717, 1.165) is 5.56 Å². The molecule has 3 aromatic rings. The van der Waals surface area contributed by atoms with Gasteiger partial charge in [0.05, 0.1) is 18.0 Å². The fourth-order valence-corrected chi connectivity index (χ4v) is 5.69. The van der Waals surface area contributed by atoms with Crippen molar-refractivity contribution in [3.63, 3.8) is 0 Å². The van der Waals surface area contributed by atoms with Crippen molar-refractivity contribution in [3.8, 4) is 16.9 Å². The van der Waals surface area contributed by atoms with Gasteiger partial charge in [-0.1, -0.05) is 12.1 Å². The number of nitrogens with one attached hydrogen (secondary N) is 1. The summed E-state index contributed by atoms with van der Waals surface area (Å²) in [6, 6.07) is 8.14. The number of aromatic nitrogens is 2. The van der Waals surface area contributed by atoms with Crippen molar-refractivity contribution in [2.75, 3.05) is 12.0 Å². The average Bonchev–Trinajstić information content (AvgIpc) is 3.38. The van der Waals surface area contributed by atoms with Gasteiger partial charge < -0.3 is 4.74 Å². The van der Waals surface area contributed by atoms with E-state index in [2.05, 4.69) is 27.2 Å². The van der Waals surface area contributed by atoms with Crippen LogP contribution in [0.5, 0.6) is 5.75 Å². The van der Waals surface area contributed by atoms with Gasteiger partial charge >= 0.3 is 0 Å². The van der Waals surface area contributed by atoms with Gasteiger partial charge in [-0.2, -0.15) is 5.10 Å². The first-order chi connectivity index (χ1) is 16.3. The quantitative estimate of drug-likeness (QED) is 0.447. The molecule has 0 unspecified atom stereocenters. The number of fused-ring (bicyclic) bond motifs is 2. The van der Waals surface area contributed by atoms with Gasteiger partial charge in [0.1, 0.15) is 17.4 Å². The molecular formula is C24H22FN5O3S. The van der Waals surface area contributed by atoms with Crippen LogP contribution in [0, 0.1) is 5.82 Å². The first-order valence-electron chi connectivity index (χ1n) is 10.6. The smallest absolute Gasteiger partial charge is 0.226 e. The third kappa shape index (κ3) is 3.41. The molecule has 0 saturated heterocycles. The lowest BCUT2D eigenvalue weighted by atomic mass is 10.0. The highest BCUT2D eigenvalue weighted by atomic mass is 32.2. The molecule has 0 aliphatic carbocycles. The highest BCUT2D eigenvalue weighted by Gasteiger charge is 2.29. The van der Waals surface area contributed by atoms with E-state index in [1.807, 2.05) is 6.07 Å². The van der Waals surface area contributed by atoms with Crippen molar-refractivity contribution in [1.82, 2.24) is 9.55 Å². The Balaban J connectivity index is 1.63. The largest absolute Gasteiger partial charge is 0.493 e. The van der Waals surface area contributed by atoms with Crippen molar-refractivity contribution in [3.05, 3.63) is 69.6 Å². The average molecular weight is 480 g/mol. The second kappa shape index (κ2) is 8.21. The van der Waals surface area contributed by atoms with Gasteiger partial charge in [0.15, 0.2) is 0 Å². The third-order valence-corrected chi connectivity index (χ3v) is 8.02. The predicted octanol–water partition coefficient (Wildman–Crippen LogP) is 3.44. The molecule has 8 nitrogen and oxygen atoms in total. The fraction of sp³-hybridized carbons (Fsp3) is 0.208. The number of benzene rings is 2. The predicted molar refractivity (Wildman–Crippen MR) is 128 cm³/mol. The SMILES string of the molecule is C=NNc1c(-c2cccc3c2C=C(C)S3(=O)=O)cnc(=NCc2c(F)ccc3c2CCO3)n1C. The number of sulfone groups is 1. The summed E-state index contributed by atoms with van der Waals surface area (Å²) in [4.78, 5) is 9.58. The molecule has 10 heteroatoms. The number of nitrogens with zero attached hydrogens (tertiary/aromatic N) is 4. The molecule has 3 heterocycles. The lowest BCUT2D eigenvalue weighted by Crippen LogP contribution is -2.25. The molecule has 0 saturated carbocycles. The lowest BCUT2D eigenvalue weighted by molar-refractivity contribution is 0.356. The number of hydrogen-bond acceptors (Lipinski definition) is 7. The number of anilines is 1. The van der Waals surface area contributed by atoms with Crippen molar-refractivity contribution in [2.24, 2.45) is 17.1 Å². The topological polar surface area (TPSA) is 97.9 Å². The van der Waals surface area contributed by atoms with E-state index in [-0.39, 0.29) is 22.2 Å². The summed E-state index contributed by atoms with van der Waals surface area (Å²) in [6.45, 7) is 5.72. The van der Waals surface area contributed by atoms with Crippen LogP contribution in [-0.2, 0) is 29.9 Å². The zero-order valence-electron chi connectivity index (χ0n) is 18.7. The normalized spacial score (nSPS) is 16.0. The zero-order chi connectivity index (χ0) is 24.0. The van der Waals surface area contributed by atoms with Crippen LogP contribution >= 0.6 is 0 Å². The highest BCUT2D eigenvalue weighted by Crippen LogP contribution is 2.40. The van der Waals surface area contributed by atoms with Crippen LogP contribution in [0.2, 0.25) is 0 Å². The maximum absolute atomic E-state index is 14.5. The molecule has 0 bridgehead atoms. The zero-order valence-corrected chi connectivity index (χ0v) is 19.5. The first kappa shape index (κ1) is 22.0. The molecule has 2 aliphatic heterocycles. The van der Waals surface area contributed by atoms with E-state index in [0.29, 0.717) is 52.5 Å². The molecule has 0 fully saturated rings. The van der Waals surface area contributed by atoms with Crippen LogP contribution in [-0.4, -0.2) is 31.3 Å². The molecule has 0 spiro atoms. The second-order valence-corrected chi connectivity index (χ2v) is 10.1. The van der Waals surface area contributed by atoms with E-state index < -0.39 is 9.84 Å². The summed E-state index contributed by atoms with van der Waals surface area (Å²) in [5.41, 5.74) is 6.45. The van der Waals surface area contributed by atoms with Gasteiger partial charge in [-0.25, -0.2) is 22.8 Å². The molecule has 174 valence electrons. The summed E-state index contributed by atoms with van der Waals surface area (Å²) in [5, 5.41) is 3.81. The van der Waals surface area contributed by atoms with Crippen LogP contribution in [0.4, 0.5) is 10.2 Å². The Bertz CT molecular complexity index is 1560. The summed E-state index contributed by atoms with van der Waals surface area (Å²) >= 11 is 0. The molecule has 5 rings (SSSR count).